The van der Waals surface area contributed by atoms with Crippen LogP contribution in [0.25, 0.3) is 11.3 Å². The number of nitriles is 1. The van der Waals surface area contributed by atoms with E-state index in [0.717, 1.165) is 22.4 Å². The highest BCUT2D eigenvalue weighted by molar-refractivity contribution is 5.70. The Labute approximate surface area is 153 Å². The van der Waals surface area contributed by atoms with Crippen LogP contribution in [0.1, 0.15) is 17.0 Å². The lowest BCUT2D eigenvalue weighted by Crippen LogP contribution is -2.21. The lowest BCUT2D eigenvalue weighted by Gasteiger charge is -2.24. The van der Waals surface area contributed by atoms with Gasteiger partial charge in [0, 0.05) is 18.0 Å². The summed E-state index contributed by atoms with van der Waals surface area (Å²) in [5, 5.41) is 17.0. The van der Waals surface area contributed by atoms with Crippen molar-refractivity contribution in [1.82, 2.24) is 15.2 Å². The third-order valence-electron chi connectivity index (χ3n) is 4.64. The highest BCUT2D eigenvalue weighted by Crippen LogP contribution is 2.47. The molecule has 2 aliphatic rings. The standard InChI is InChI=1S/C19H13N5O3/c20-8-12-15(11-1-2-13-14(7-11)26-9-25-13)16-17(10-3-5-22-6-4-10)23-24-19(16)27-18(12)21/h1-7,15H,9,21H2,(H,23,24)/t15-/m1/s1. The van der Waals surface area contributed by atoms with E-state index >= 15 is 0 Å². The highest BCUT2D eigenvalue weighted by Gasteiger charge is 2.36. The molecule has 0 bridgehead atoms. The van der Waals surface area contributed by atoms with Gasteiger partial charge in [-0.3, -0.25) is 10.1 Å². The number of H-pyrrole nitrogens is 1. The summed E-state index contributed by atoms with van der Waals surface area (Å²) in [6, 6.07) is 11.5. The van der Waals surface area contributed by atoms with Gasteiger partial charge in [0.2, 0.25) is 18.6 Å². The van der Waals surface area contributed by atoms with E-state index in [1.165, 1.54) is 0 Å². The molecule has 1 aromatic carbocycles. The fourth-order valence-electron chi connectivity index (χ4n) is 3.41. The largest absolute Gasteiger partial charge is 0.454 e. The summed E-state index contributed by atoms with van der Waals surface area (Å²) in [6.45, 7) is 0.175. The molecule has 3 N–H and O–H groups in total. The third-order valence-corrected chi connectivity index (χ3v) is 4.64. The molecule has 132 valence electrons. The molecule has 5 rings (SSSR count). The molecule has 0 saturated heterocycles. The van der Waals surface area contributed by atoms with Crippen LogP contribution in [0.4, 0.5) is 0 Å². The van der Waals surface area contributed by atoms with Crippen molar-refractivity contribution in [3.63, 3.8) is 0 Å². The first-order valence-electron chi connectivity index (χ1n) is 8.22. The Hall–Kier alpha value is -3.99. The second-order valence-electron chi connectivity index (χ2n) is 6.09. The van der Waals surface area contributed by atoms with E-state index in [2.05, 4.69) is 21.3 Å². The third kappa shape index (κ3) is 2.29. The van der Waals surface area contributed by atoms with Gasteiger partial charge in [0.05, 0.1) is 17.2 Å². The van der Waals surface area contributed by atoms with Gasteiger partial charge in [0.15, 0.2) is 11.5 Å². The Morgan fingerprint density at radius 2 is 1.96 bits per heavy atom. The van der Waals surface area contributed by atoms with Gasteiger partial charge < -0.3 is 19.9 Å². The number of allylic oxidation sites excluding steroid dienone is 1. The molecule has 2 aliphatic heterocycles. The van der Waals surface area contributed by atoms with Gasteiger partial charge in [-0.2, -0.15) is 5.26 Å². The van der Waals surface area contributed by atoms with E-state index < -0.39 is 5.92 Å². The van der Waals surface area contributed by atoms with Crippen LogP contribution in [0.3, 0.4) is 0 Å². The first-order chi connectivity index (χ1) is 13.3. The Kier molecular flexibility index (Phi) is 3.27. The number of ether oxygens (including phenoxy) is 3. The lowest BCUT2D eigenvalue weighted by atomic mass is 9.83. The van der Waals surface area contributed by atoms with E-state index in [1.54, 1.807) is 12.4 Å². The SMILES string of the molecule is N#CC1=C(N)Oc2n[nH]c(-c3ccncc3)c2[C@@H]1c1ccc2c(c1)OCO2. The molecule has 4 heterocycles. The monoisotopic (exact) mass is 359 g/mol. The molecule has 0 fully saturated rings. The minimum atomic E-state index is -0.449. The predicted octanol–water partition coefficient (Wildman–Crippen LogP) is 2.42. The van der Waals surface area contributed by atoms with E-state index in [0.29, 0.717) is 23.0 Å². The Balaban J connectivity index is 1.73. The summed E-state index contributed by atoms with van der Waals surface area (Å²) in [5.41, 5.74) is 9.53. The van der Waals surface area contributed by atoms with Crippen molar-refractivity contribution in [2.45, 2.75) is 5.92 Å². The molecule has 0 saturated carbocycles. The van der Waals surface area contributed by atoms with Crippen molar-refractivity contribution in [3.8, 4) is 34.7 Å². The quantitative estimate of drug-likeness (QED) is 0.721. The molecule has 8 heteroatoms. The van der Waals surface area contributed by atoms with Gasteiger partial charge in [-0.05, 0) is 29.8 Å². The molecule has 1 atom stereocenters. The van der Waals surface area contributed by atoms with Crippen LogP contribution in [-0.4, -0.2) is 22.0 Å². The van der Waals surface area contributed by atoms with Gasteiger partial charge in [-0.15, -0.1) is 5.10 Å². The second-order valence-corrected chi connectivity index (χ2v) is 6.09. The molecule has 0 spiro atoms. The summed E-state index contributed by atoms with van der Waals surface area (Å²) in [5.74, 6) is 1.24. The molecule has 0 amide bonds. The topological polar surface area (TPSA) is 119 Å². The van der Waals surface area contributed by atoms with Crippen molar-refractivity contribution in [1.29, 1.82) is 5.26 Å². The van der Waals surface area contributed by atoms with Gasteiger partial charge in [0.1, 0.15) is 11.6 Å². The zero-order valence-electron chi connectivity index (χ0n) is 14.0. The second kappa shape index (κ2) is 5.78. The van der Waals surface area contributed by atoms with Crippen LogP contribution in [0.5, 0.6) is 17.4 Å². The number of aromatic nitrogens is 3. The summed E-state index contributed by atoms with van der Waals surface area (Å²) >= 11 is 0. The van der Waals surface area contributed by atoms with Crippen molar-refractivity contribution in [2.75, 3.05) is 6.79 Å². The Bertz CT molecular complexity index is 1110. The Morgan fingerprint density at radius 1 is 1.15 bits per heavy atom. The van der Waals surface area contributed by atoms with Crippen LogP contribution in [0, 0.1) is 11.3 Å². The first-order valence-corrected chi connectivity index (χ1v) is 8.22. The van der Waals surface area contributed by atoms with E-state index in [9.17, 15) is 5.26 Å². The highest BCUT2D eigenvalue weighted by atomic mass is 16.7. The fourth-order valence-corrected chi connectivity index (χ4v) is 3.41. The summed E-state index contributed by atoms with van der Waals surface area (Å²) < 4.78 is 16.5. The van der Waals surface area contributed by atoms with Crippen molar-refractivity contribution in [3.05, 3.63) is 65.3 Å². The van der Waals surface area contributed by atoms with Crippen LogP contribution in [0.2, 0.25) is 0 Å². The molecule has 0 unspecified atom stereocenters. The van der Waals surface area contributed by atoms with Crippen molar-refractivity contribution >= 4 is 0 Å². The van der Waals surface area contributed by atoms with Crippen LogP contribution in [0.15, 0.2) is 54.2 Å². The molecular formula is C19H13N5O3. The average Bonchev–Trinajstić information content (AvgIpc) is 3.33. The number of benzene rings is 1. The van der Waals surface area contributed by atoms with Gasteiger partial charge >= 0.3 is 0 Å². The summed E-state index contributed by atoms with van der Waals surface area (Å²) in [6.07, 6.45) is 3.38. The van der Waals surface area contributed by atoms with Crippen molar-refractivity contribution < 1.29 is 14.2 Å². The summed E-state index contributed by atoms with van der Waals surface area (Å²) in [4.78, 5) is 4.05. The molecule has 0 aliphatic carbocycles. The number of pyridine rings is 1. The molecule has 27 heavy (non-hydrogen) atoms. The lowest BCUT2D eigenvalue weighted by molar-refractivity contribution is 0.174. The van der Waals surface area contributed by atoms with Crippen LogP contribution >= 0.6 is 0 Å². The zero-order chi connectivity index (χ0) is 18.4. The maximum absolute atomic E-state index is 9.75. The predicted molar refractivity (Wildman–Crippen MR) is 93.7 cm³/mol. The van der Waals surface area contributed by atoms with Crippen molar-refractivity contribution in [2.24, 2.45) is 5.73 Å². The first kappa shape index (κ1) is 15.3. The number of nitrogens with one attached hydrogen (secondary N) is 1. The van der Waals surface area contributed by atoms with E-state index in [-0.39, 0.29) is 12.7 Å². The number of nitrogens with two attached hydrogens (primary N) is 1. The maximum atomic E-state index is 9.75. The van der Waals surface area contributed by atoms with Crippen LogP contribution < -0.4 is 19.9 Å². The number of rotatable bonds is 2. The number of nitrogens with zero attached hydrogens (tertiary/aromatic N) is 3. The molecule has 3 aromatic rings. The van der Waals surface area contributed by atoms with E-state index in [4.69, 9.17) is 19.9 Å². The normalized spacial score (nSPS) is 17.2. The number of hydrogen-bond donors (Lipinski definition) is 2. The van der Waals surface area contributed by atoms with E-state index in [1.807, 2.05) is 30.3 Å². The smallest absolute Gasteiger partial charge is 0.244 e. The number of hydrogen-bond acceptors (Lipinski definition) is 7. The van der Waals surface area contributed by atoms with Gasteiger partial charge in [-0.25, -0.2) is 0 Å². The minimum Gasteiger partial charge on any atom is -0.454 e. The number of aromatic amines is 1. The zero-order valence-corrected chi connectivity index (χ0v) is 14.0. The van der Waals surface area contributed by atoms with Gasteiger partial charge in [0.25, 0.3) is 0 Å². The molecule has 0 radical (unpaired) electrons. The minimum absolute atomic E-state index is 0.0421. The summed E-state index contributed by atoms with van der Waals surface area (Å²) in [7, 11) is 0. The van der Waals surface area contributed by atoms with Gasteiger partial charge in [-0.1, -0.05) is 6.07 Å². The molecular weight excluding hydrogens is 346 g/mol. The average molecular weight is 359 g/mol. The maximum Gasteiger partial charge on any atom is 0.244 e. The Morgan fingerprint density at radius 3 is 2.78 bits per heavy atom. The fraction of sp³-hybridized carbons (Fsp3) is 0.105. The molecule has 8 nitrogen and oxygen atoms in total. The number of fused-ring (bicyclic) bond motifs is 2. The molecule has 2 aromatic heterocycles. The van der Waals surface area contributed by atoms with Crippen LogP contribution in [-0.2, 0) is 0 Å².